The number of carbonyl (C=O) groups excluding carboxylic acids is 3. The summed E-state index contributed by atoms with van der Waals surface area (Å²) in [6, 6.07) is 0. The molecule has 0 aliphatic rings. The van der Waals surface area contributed by atoms with Crippen molar-refractivity contribution >= 4 is 17.9 Å². The van der Waals surface area contributed by atoms with Gasteiger partial charge in [0, 0.05) is 19.3 Å². The van der Waals surface area contributed by atoms with Crippen LogP contribution >= 0.6 is 0 Å². The first kappa shape index (κ1) is 73.6. The third kappa shape index (κ3) is 62.5. The van der Waals surface area contributed by atoms with Gasteiger partial charge in [-0.05, 0) is 51.4 Å². The molecule has 0 aromatic heterocycles. The van der Waals surface area contributed by atoms with Crippen molar-refractivity contribution < 1.29 is 28.6 Å². The van der Waals surface area contributed by atoms with Crippen LogP contribution in [0.1, 0.15) is 374 Å². The zero-order valence-electron chi connectivity index (χ0n) is 51.3. The van der Waals surface area contributed by atoms with E-state index in [1.165, 1.54) is 250 Å². The molecule has 0 aliphatic carbocycles. The molecule has 0 fully saturated rings. The van der Waals surface area contributed by atoms with E-state index in [1.807, 2.05) is 0 Å². The number of carbonyl (C=O) groups is 3. The van der Waals surface area contributed by atoms with Gasteiger partial charge in [-0.1, -0.05) is 340 Å². The highest BCUT2D eigenvalue weighted by molar-refractivity contribution is 5.71. The molecule has 0 radical (unpaired) electrons. The van der Waals surface area contributed by atoms with Crippen molar-refractivity contribution in [2.75, 3.05) is 13.2 Å². The molecule has 0 amide bonds. The molecule has 0 saturated heterocycles. The van der Waals surface area contributed by atoms with Gasteiger partial charge in [0.25, 0.3) is 0 Å². The van der Waals surface area contributed by atoms with Crippen molar-refractivity contribution in [2.24, 2.45) is 0 Å². The van der Waals surface area contributed by atoms with Crippen molar-refractivity contribution in [3.63, 3.8) is 0 Å². The second-order valence-electron chi connectivity index (χ2n) is 23.1. The normalized spacial score (nSPS) is 12.2. The lowest BCUT2D eigenvalue weighted by Crippen LogP contribution is -2.30. The monoisotopic (exact) mass is 1070 g/mol. The van der Waals surface area contributed by atoms with Crippen LogP contribution in [-0.2, 0) is 28.6 Å². The minimum absolute atomic E-state index is 0.0714. The molecule has 446 valence electrons. The quantitative estimate of drug-likeness (QED) is 0.0261. The summed E-state index contributed by atoms with van der Waals surface area (Å²) < 4.78 is 16.9. The van der Waals surface area contributed by atoms with Gasteiger partial charge in [0.1, 0.15) is 13.2 Å². The predicted octanol–water partition coefficient (Wildman–Crippen LogP) is 23.2. The van der Waals surface area contributed by atoms with Crippen molar-refractivity contribution in [3.8, 4) is 0 Å². The van der Waals surface area contributed by atoms with Crippen LogP contribution in [0.25, 0.3) is 0 Å². The van der Waals surface area contributed by atoms with Crippen molar-refractivity contribution in [1.82, 2.24) is 0 Å². The molecule has 0 bridgehead atoms. The number of unbranched alkanes of at least 4 members (excludes halogenated alkanes) is 46. The Balaban J connectivity index is 4.02. The molecular weight excluding hydrogens is 937 g/mol. The van der Waals surface area contributed by atoms with E-state index in [4.69, 9.17) is 14.2 Å². The van der Waals surface area contributed by atoms with Gasteiger partial charge in [-0.15, -0.1) is 0 Å². The molecule has 0 spiro atoms. The smallest absolute Gasteiger partial charge is 0.306 e. The Hall–Kier alpha value is -2.37. The fourth-order valence-electron chi connectivity index (χ4n) is 10.3. The molecule has 0 N–H and O–H groups in total. The molecule has 0 aromatic rings. The fraction of sp³-hybridized carbons (Fsp3) is 0.871. The highest BCUT2D eigenvalue weighted by atomic mass is 16.6. The van der Waals surface area contributed by atoms with Crippen molar-refractivity contribution in [3.05, 3.63) is 36.5 Å². The zero-order valence-corrected chi connectivity index (χ0v) is 51.3. The van der Waals surface area contributed by atoms with Crippen LogP contribution < -0.4 is 0 Å². The summed E-state index contributed by atoms with van der Waals surface area (Å²) >= 11 is 0. The molecule has 1 unspecified atom stereocenters. The average Bonchev–Trinajstić information content (AvgIpc) is 3.42. The van der Waals surface area contributed by atoms with E-state index < -0.39 is 6.10 Å². The summed E-state index contributed by atoms with van der Waals surface area (Å²) in [5, 5.41) is 0. The first-order valence-corrected chi connectivity index (χ1v) is 34.0. The van der Waals surface area contributed by atoms with E-state index in [-0.39, 0.29) is 31.1 Å². The van der Waals surface area contributed by atoms with E-state index in [0.29, 0.717) is 19.3 Å². The molecule has 0 aliphatic heterocycles. The Morgan fingerprint density at radius 2 is 0.513 bits per heavy atom. The van der Waals surface area contributed by atoms with E-state index in [2.05, 4.69) is 57.2 Å². The zero-order chi connectivity index (χ0) is 55.0. The number of esters is 3. The first-order chi connectivity index (χ1) is 37.5. The Morgan fingerprint density at radius 3 is 0.803 bits per heavy atom. The van der Waals surface area contributed by atoms with E-state index in [9.17, 15) is 14.4 Å². The minimum Gasteiger partial charge on any atom is -0.462 e. The molecule has 0 saturated carbocycles. The van der Waals surface area contributed by atoms with Crippen LogP contribution in [0.15, 0.2) is 36.5 Å². The number of hydrogen-bond donors (Lipinski definition) is 0. The minimum atomic E-state index is -0.773. The number of allylic oxidation sites excluding steroid dienone is 6. The highest BCUT2D eigenvalue weighted by Gasteiger charge is 2.19. The van der Waals surface area contributed by atoms with Crippen LogP contribution in [0.4, 0.5) is 0 Å². The molecule has 6 nitrogen and oxygen atoms in total. The maximum atomic E-state index is 12.9. The van der Waals surface area contributed by atoms with Gasteiger partial charge in [0.2, 0.25) is 0 Å². The summed E-state index contributed by atoms with van der Waals surface area (Å²) in [7, 11) is 0. The lowest BCUT2D eigenvalue weighted by atomic mass is 10.0. The van der Waals surface area contributed by atoms with Gasteiger partial charge < -0.3 is 14.2 Å². The van der Waals surface area contributed by atoms with Crippen LogP contribution in [0.3, 0.4) is 0 Å². The number of rotatable bonds is 63. The van der Waals surface area contributed by atoms with Gasteiger partial charge in [0.15, 0.2) is 6.10 Å². The summed E-state index contributed by atoms with van der Waals surface area (Å²) in [5.74, 6) is -0.862. The van der Waals surface area contributed by atoms with Gasteiger partial charge >= 0.3 is 17.9 Å². The third-order valence-electron chi connectivity index (χ3n) is 15.4. The lowest BCUT2D eigenvalue weighted by Gasteiger charge is -2.18. The largest absolute Gasteiger partial charge is 0.462 e. The van der Waals surface area contributed by atoms with Gasteiger partial charge in [-0.3, -0.25) is 14.4 Å². The molecule has 0 heterocycles. The first-order valence-electron chi connectivity index (χ1n) is 34.0. The van der Waals surface area contributed by atoms with Crippen molar-refractivity contribution in [2.45, 2.75) is 380 Å². The SMILES string of the molecule is CC/C=C\C/C=C\C/C=C\CCCCCCCCCC(=O)OC(COC(=O)CCCCCCCCCCC)COC(=O)CCCCCCCCCCCCCCCCCCCCCCCCCCCCCCCCCC. The molecule has 6 heteroatoms. The Kier molecular flexibility index (Phi) is 63.1. The third-order valence-corrected chi connectivity index (χ3v) is 15.4. The maximum Gasteiger partial charge on any atom is 0.306 e. The van der Waals surface area contributed by atoms with Gasteiger partial charge in [-0.2, -0.15) is 0 Å². The lowest BCUT2D eigenvalue weighted by molar-refractivity contribution is -0.167. The fourth-order valence-corrected chi connectivity index (χ4v) is 10.3. The summed E-state index contributed by atoms with van der Waals surface area (Å²) in [5.41, 5.74) is 0. The predicted molar refractivity (Wildman–Crippen MR) is 330 cm³/mol. The summed E-state index contributed by atoms with van der Waals surface area (Å²) in [6.45, 7) is 6.56. The van der Waals surface area contributed by atoms with E-state index in [0.717, 1.165) is 83.5 Å². The molecular formula is C70H130O6. The Labute approximate surface area is 474 Å². The van der Waals surface area contributed by atoms with Crippen molar-refractivity contribution in [1.29, 1.82) is 0 Å². The summed E-state index contributed by atoms with van der Waals surface area (Å²) in [4.78, 5) is 38.2. The Morgan fingerprint density at radius 1 is 0.276 bits per heavy atom. The number of hydrogen-bond acceptors (Lipinski definition) is 6. The second-order valence-corrected chi connectivity index (χ2v) is 23.1. The highest BCUT2D eigenvalue weighted by Crippen LogP contribution is 2.19. The van der Waals surface area contributed by atoms with Gasteiger partial charge in [0.05, 0.1) is 0 Å². The molecule has 0 aromatic carbocycles. The van der Waals surface area contributed by atoms with Crippen LogP contribution in [-0.4, -0.2) is 37.2 Å². The summed E-state index contributed by atoms with van der Waals surface area (Å²) in [6.07, 6.45) is 80.6. The average molecular weight is 1070 g/mol. The molecule has 1 atom stereocenters. The van der Waals surface area contributed by atoms with E-state index >= 15 is 0 Å². The number of ether oxygens (including phenoxy) is 3. The Bertz CT molecular complexity index is 1270. The van der Waals surface area contributed by atoms with Crippen LogP contribution in [0.2, 0.25) is 0 Å². The molecule has 76 heavy (non-hydrogen) atoms. The van der Waals surface area contributed by atoms with E-state index in [1.54, 1.807) is 0 Å². The maximum absolute atomic E-state index is 12.9. The van der Waals surface area contributed by atoms with Gasteiger partial charge in [-0.25, -0.2) is 0 Å². The van der Waals surface area contributed by atoms with Crippen LogP contribution in [0, 0.1) is 0 Å². The topological polar surface area (TPSA) is 78.9 Å². The van der Waals surface area contributed by atoms with Crippen LogP contribution in [0.5, 0.6) is 0 Å². The standard InChI is InChI=1S/C70H130O6/c1-4-7-10-13-16-19-21-23-25-27-28-29-30-31-32-33-34-35-36-37-38-39-40-41-43-44-46-48-51-54-57-60-63-69(72)75-66-67(65-74-68(71)62-59-56-53-50-18-15-12-9-6-3)76-70(73)64-61-58-55-52-49-47-45-42-26-24-22-20-17-14-11-8-5-2/h8,11,17,20,24,26,67H,4-7,9-10,12-16,18-19,21-23,25,27-66H2,1-3H3/b11-8-,20-17-,26-24-. The molecule has 0 rings (SSSR count). The second kappa shape index (κ2) is 65.2.